The van der Waals surface area contributed by atoms with Crippen LogP contribution in [0.25, 0.3) is 0 Å². The van der Waals surface area contributed by atoms with E-state index in [0.29, 0.717) is 4.88 Å². The molecule has 1 heterocycles. The number of hydrogen-bond acceptors (Lipinski definition) is 3. The SMILES string of the molecule is Cc1ncsc1C(=O)NC(c1ccc(F)cc1)C(C)(C)C. The highest BCUT2D eigenvalue weighted by Crippen LogP contribution is 2.33. The van der Waals surface area contributed by atoms with Crippen molar-refractivity contribution in [1.82, 2.24) is 10.3 Å². The Labute approximate surface area is 128 Å². The summed E-state index contributed by atoms with van der Waals surface area (Å²) in [5, 5.41) is 3.04. The first kappa shape index (κ1) is 15.6. The molecule has 2 rings (SSSR count). The molecule has 0 bridgehead atoms. The first-order chi connectivity index (χ1) is 9.79. The zero-order valence-corrected chi connectivity index (χ0v) is 13.4. The second-order valence-electron chi connectivity index (χ2n) is 6.09. The fourth-order valence-corrected chi connectivity index (χ4v) is 2.88. The zero-order chi connectivity index (χ0) is 15.6. The van der Waals surface area contributed by atoms with Crippen molar-refractivity contribution in [2.75, 3.05) is 0 Å². The van der Waals surface area contributed by atoms with Crippen molar-refractivity contribution in [1.29, 1.82) is 0 Å². The van der Waals surface area contributed by atoms with Crippen LogP contribution in [0.2, 0.25) is 0 Å². The van der Waals surface area contributed by atoms with Gasteiger partial charge in [-0.3, -0.25) is 4.79 Å². The standard InChI is InChI=1S/C16H19FN2OS/c1-10-13(21-9-18-10)15(20)19-14(16(2,3)4)11-5-7-12(17)8-6-11/h5-9,14H,1-4H3,(H,19,20). The summed E-state index contributed by atoms with van der Waals surface area (Å²) >= 11 is 1.32. The van der Waals surface area contributed by atoms with E-state index in [9.17, 15) is 9.18 Å². The van der Waals surface area contributed by atoms with Crippen LogP contribution in [0.4, 0.5) is 4.39 Å². The van der Waals surface area contributed by atoms with Gasteiger partial charge in [-0.2, -0.15) is 0 Å². The smallest absolute Gasteiger partial charge is 0.263 e. The lowest BCUT2D eigenvalue weighted by molar-refractivity contribution is 0.0905. The van der Waals surface area contributed by atoms with Gasteiger partial charge in [-0.05, 0) is 30.0 Å². The lowest BCUT2D eigenvalue weighted by Gasteiger charge is -2.32. The Morgan fingerprint density at radius 1 is 1.29 bits per heavy atom. The van der Waals surface area contributed by atoms with Gasteiger partial charge in [0.1, 0.15) is 10.7 Å². The second kappa shape index (κ2) is 5.93. The van der Waals surface area contributed by atoms with E-state index >= 15 is 0 Å². The van der Waals surface area contributed by atoms with Crippen LogP contribution >= 0.6 is 11.3 Å². The predicted octanol–water partition coefficient (Wildman–Crippen LogP) is 4.11. The monoisotopic (exact) mass is 306 g/mol. The van der Waals surface area contributed by atoms with Crippen LogP contribution < -0.4 is 5.32 Å². The van der Waals surface area contributed by atoms with Crippen LogP contribution in [-0.4, -0.2) is 10.9 Å². The summed E-state index contributed by atoms with van der Waals surface area (Å²) in [7, 11) is 0. The molecule has 1 atom stereocenters. The van der Waals surface area contributed by atoms with Gasteiger partial charge in [-0.15, -0.1) is 11.3 Å². The van der Waals surface area contributed by atoms with E-state index in [4.69, 9.17) is 0 Å². The number of carbonyl (C=O) groups excluding carboxylic acids is 1. The zero-order valence-electron chi connectivity index (χ0n) is 12.6. The molecule has 0 spiro atoms. The van der Waals surface area contributed by atoms with Crippen LogP contribution in [0, 0.1) is 18.2 Å². The molecule has 3 nitrogen and oxygen atoms in total. The topological polar surface area (TPSA) is 42.0 Å². The summed E-state index contributed by atoms with van der Waals surface area (Å²) < 4.78 is 13.1. The van der Waals surface area contributed by atoms with E-state index in [-0.39, 0.29) is 23.2 Å². The normalized spacial score (nSPS) is 13.0. The number of aromatic nitrogens is 1. The highest BCUT2D eigenvalue weighted by Gasteiger charge is 2.29. The number of thiazole rings is 1. The molecule has 1 aromatic heterocycles. The van der Waals surface area contributed by atoms with E-state index in [1.54, 1.807) is 17.6 Å². The van der Waals surface area contributed by atoms with Crippen LogP contribution in [-0.2, 0) is 0 Å². The van der Waals surface area contributed by atoms with Crippen molar-refractivity contribution in [3.05, 3.63) is 51.7 Å². The predicted molar refractivity (Wildman–Crippen MR) is 82.9 cm³/mol. The number of halogens is 1. The molecular formula is C16H19FN2OS. The Kier molecular flexibility index (Phi) is 4.42. The van der Waals surface area contributed by atoms with Crippen molar-refractivity contribution in [2.45, 2.75) is 33.7 Å². The Morgan fingerprint density at radius 2 is 1.90 bits per heavy atom. The quantitative estimate of drug-likeness (QED) is 0.927. The van der Waals surface area contributed by atoms with Crippen molar-refractivity contribution in [2.24, 2.45) is 5.41 Å². The Hall–Kier alpha value is -1.75. The summed E-state index contributed by atoms with van der Waals surface area (Å²) in [4.78, 5) is 17.1. The number of benzene rings is 1. The van der Waals surface area contributed by atoms with Gasteiger partial charge in [0.05, 0.1) is 17.2 Å². The second-order valence-corrected chi connectivity index (χ2v) is 6.95. The maximum atomic E-state index is 13.1. The van der Waals surface area contributed by atoms with Crippen molar-refractivity contribution >= 4 is 17.2 Å². The molecule has 5 heteroatoms. The molecule has 2 aromatic rings. The van der Waals surface area contributed by atoms with Gasteiger partial charge < -0.3 is 5.32 Å². The molecule has 1 amide bonds. The number of carbonyl (C=O) groups is 1. The Morgan fingerprint density at radius 3 is 2.38 bits per heavy atom. The first-order valence-corrected chi connectivity index (χ1v) is 7.63. The highest BCUT2D eigenvalue weighted by molar-refractivity contribution is 7.11. The molecular weight excluding hydrogens is 287 g/mol. The largest absolute Gasteiger partial charge is 0.344 e. The van der Waals surface area contributed by atoms with Gasteiger partial charge in [-0.1, -0.05) is 32.9 Å². The van der Waals surface area contributed by atoms with Crippen LogP contribution in [0.1, 0.15) is 47.7 Å². The van der Waals surface area contributed by atoms with Crippen molar-refractivity contribution in [3.63, 3.8) is 0 Å². The molecule has 0 aliphatic carbocycles. The van der Waals surface area contributed by atoms with Gasteiger partial charge in [0.25, 0.3) is 5.91 Å². The summed E-state index contributed by atoms with van der Waals surface area (Å²) in [6, 6.07) is 6.05. The number of hydrogen-bond donors (Lipinski definition) is 1. The summed E-state index contributed by atoms with van der Waals surface area (Å²) in [6.07, 6.45) is 0. The van der Waals surface area contributed by atoms with E-state index in [2.05, 4.69) is 10.3 Å². The molecule has 1 N–H and O–H groups in total. The van der Waals surface area contributed by atoms with E-state index in [0.717, 1.165) is 11.3 Å². The van der Waals surface area contributed by atoms with Gasteiger partial charge in [0, 0.05) is 0 Å². The summed E-state index contributed by atoms with van der Waals surface area (Å²) in [5.41, 5.74) is 3.09. The molecule has 1 unspecified atom stereocenters. The molecule has 0 aliphatic rings. The first-order valence-electron chi connectivity index (χ1n) is 6.75. The third kappa shape index (κ3) is 3.67. The van der Waals surface area contributed by atoms with Gasteiger partial charge in [0.15, 0.2) is 0 Å². The molecule has 0 saturated heterocycles. The van der Waals surface area contributed by atoms with E-state index in [1.165, 1.54) is 23.5 Å². The highest BCUT2D eigenvalue weighted by atomic mass is 32.1. The summed E-state index contributed by atoms with van der Waals surface area (Å²) in [6.45, 7) is 7.94. The lowest BCUT2D eigenvalue weighted by Crippen LogP contribution is -2.36. The number of aryl methyl sites for hydroxylation is 1. The Balaban J connectivity index is 2.28. The van der Waals surface area contributed by atoms with Crippen LogP contribution in [0.5, 0.6) is 0 Å². The van der Waals surface area contributed by atoms with E-state index < -0.39 is 0 Å². The summed E-state index contributed by atoms with van der Waals surface area (Å²) in [5.74, 6) is -0.421. The fourth-order valence-electron chi connectivity index (χ4n) is 2.17. The third-order valence-corrected chi connectivity index (χ3v) is 4.22. The number of nitrogens with one attached hydrogen (secondary N) is 1. The van der Waals surface area contributed by atoms with Gasteiger partial charge in [-0.25, -0.2) is 9.37 Å². The molecule has 112 valence electrons. The van der Waals surface area contributed by atoms with Crippen molar-refractivity contribution in [3.8, 4) is 0 Å². The molecule has 0 aliphatic heterocycles. The number of rotatable bonds is 3. The minimum atomic E-state index is -0.281. The molecule has 21 heavy (non-hydrogen) atoms. The average Bonchev–Trinajstić information content (AvgIpc) is 2.82. The number of nitrogens with zero attached hydrogens (tertiary/aromatic N) is 1. The molecule has 0 fully saturated rings. The lowest BCUT2D eigenvalue weighted by atomic mass is 9.82. The minimum absolute atomic E-state index is 0.140. The third-order valence-electron chi connectivity index (χ3n) is 3.30. The van der Waals surface area contributed by atoms with Gasteiger partial charge >= 0.3 is 0 Å². The molecule has 1 aromatic carbocycles. The van der Waals surface area contributed by atoms with Gasteiger partial charge in [0.2, 0.25) is 0 Å². The van der Waals surface area contributed by atoms with Crippen molar-refractivity contribution < 1.29 is 9.18 Å². The minimum Gasteiger partial charge on any atom is -0.344 e. The van der Waals surface area contributed by atoms with Crippen LogP contribution in [0.3, 0.4) is 0 Å². The van der Waals surface area contributed by atoms with Crippen LogP contribution in [0.15, 0.2) is 29.8 Å². The van der Waals surface area contributed by atoms with E-state index in [1.807, 2.05) is 27.7 Å². The Bertz CT molecular complexity index is 628. The molecule has 0 radical (unpaired) electrons. The molecule has 0 saturated carbocycles. The maximum Gasteiger partial charge on any atom is 0.263 e. The number of amides is 1. The maximum absolute atomic E-state index is 13.1. The average molecular weight is 306 g/mol. The fraction of sp³-hybridized carbons (Fsp3) is 0.375.